The van der Waals surface area contributed by atoms with Crippen molar-refractivity contribution >= 4 is 0 Å². The van der Waals surface area contributed by atoms with Crippen LogP contribution in [0.5, 0.6) is 0 Å². The summed E-state index contributed by atoms with van der Waals surface area (Å²) in [6.45, 7) is 8.50. The number of nitrogens with one attached hydrogen (secondary N) is 2. The molecule has 1 aliphatic heterocycles. The molecule has 3 heteroatoms. The number of hydrogen-bond donors (Lipinski definition) is 2. The maximum atomic E-state index is 4.34. The van der Waals surface area contributed by atoms with Crippen molar-refractivity contribution in [2.24, 2.45) is 0 Å². The molecule has 0 unspecified atom stereocenters. The second-order valence-electron chi connectivity index (χ2n) is 4.38. The average molecular weight is 165 g/mol. The first kappa shape index (κ1) is 7.80. The van der Waals surface area contributed by atoms with Gasteiger partial charge in [-0.1, -0.05) is 20.8 Å². The van der Waals surface area contributed by atoms with E-state index in [1.807, 2.05) is 0 Å². The van der Waals surface area contributed by atoms with E-state index in [0.717, 1.165) is 13.1 Å². The van der Waals surface area contributed by atoms with E-state index in [0.29, 0.717) is 0 Å². The van der Waals surface area contributed by atoms with Crippen LogP contribution in [0.3, 0.4) is 0 Å². The summed E-state index contributed by atoms with van der Waals surface area (Å²) in [5.74, 6) is 0. The molecular weight excluding hydrogens is 150 g/mol. The van der Waals surface area contributed by atoms with Crippen molar-refractivity contribution < 1.29 is 0 Å². The number of aromatic nitrogens is 2. The first-order chi connectivity index (χ1) is 5.59. The fourth-order valence-corrected chi connectivity index (χ4v) is 1.67. The molecule has 0 radical (unpaired) electrons. The monoisotopic (exact) mass is 165 g/mol. The van der Waals surface area contributed by atoms with Gasteiger partial charge < -0.3 is 5.32 Å². The number of H-pyrrole nitrogens is 1. The molecule has 1 aromatic heterocycles. The summed E-state index contributed by atoms with van der Waals surface area (Å²) in [4.78, 5) is 0. The topological polar surface area (TPSA) is 40.7 Å². The molecule has 0 aliphatic carbocycles. The highest BCUT2D eigenvalue weighted by Gasteiger charge is 2.25. The van der Waals surface area contributed by atoms with Crippen LogP contribution in [0.4, 0.5) is 0 Å². The third-order valence-electron chi connectivity index (χ3n) is 2.27. The average Bonchev–Trinajstić information content (AvgIpc) is 2.37. The Morgan fingerprint density at radius 2 is 2.00 bits per heavy atom. The van der Waals surface area contributed by atoms with Gasteiger partial charge in [-0.15, -0.1) is 0 Å². The summed E-state index contributed by atoms with van der Waals surface area (Å²) in [5.41, 5.74) is 4.01. The molecule has 1 aliphatic rings. The summed E-state index contributed by atoms with van der Waals surface area (Å²) in [5, 5.41) is 10.7. The van der Waals surface area contributed by atoms with Gasteiger partial charge in [0.25, 0.3) is 0 Å². The van der Waals surface area contributed by atoms with E-state index in [9.17, 15) is 0 Å². The molecule has 66 valence electrons. The van der Waals surface area contributed by atoms with Gasteiger partial charge in [0.05, 0.1) is 11.4 Å². The van der Waals surface area contributed by atoms with Crippen LogP contribution in [-0.4, -0.2) is 10.2 Å². The van der Waals surface area contributed by atoms with Crippen LogP contribution in [0.1, 0.15) is 37.7 Å². The van der Waals surface area contributed by atoms with Crippen LogP contribution in [0, 0.1) is 0 Å². The second-order valence-corrected chi connectivity index (χ2v) is 4.38. The number of nitrogens with zero attached hydrogens (tertiary/aromatic N) is 1. The van der Waals surface area contributed by atoms with Gasteiger partial charge >= 0.3 is 0 Å². The highest BCUT2D eigenvalue weighted by atomic mass is 15.2. The van der Waals surface area contributed by atoms with E-state index in [1.54, 1.807) is 0 Å². The molecule has 3 nitrogen and oxygen atoms in total. The van der Waals surface area contributed by atoms with Gasteiger partial charge in [0.2, 0.25) is 0 Å². The quantitative estimate of drug-likeness (QED) is 0.608. The van der Waals surface area contributed by atoms with Crippen LogP contribution < -0.4 is 5.32 Å². The number of hydrogen-bond acceptors (Lipinski definition) is 2. The van der Waals surface area contributed by atoms with E-state index >= 15 is 0 Å². The normalized spacial score (nSPS) is 16.6. The van der Waals surface area contributed by atoms with Crippen molar-refractivity contribution in [2.75, 3.05) is 0 Å². The Bertz CT molecular complexity index is 293. The van der Waals surface area contributed by atoms with Crippen LogP contribution >= 0.6 is 0 Å². The lowest BCUT2D eigenvalue weighted by atomic mass is 9.89. The molecule has 2 rings (SSSR count). The minimum Gasteiger partial charge on any atom is -0.307 e. The van der Waals surface area contributed by atoms with E-state index in [2.05, 4.69) is 36.3 Å². The fourth-order valence-electron chi connectivity index (χ4n) is 1.67. The van der Waals surface area contributed by atoms with Crippen molar-refractivity contribution in [1.82, 2.24) is 15.5 Å². The van der Waals surface area contributed by atoms with Gasteiger partial charge in [0.1, 0.15) is 0 Å². The van der Waals surface area contributed by atoms with Crippen molar-refractivity contribution in [3.05, 3.63) is 17.0 Å². The maximum absolute atomic E-state index is 4.34. The van der Waals surface area contributed by atoms with Crippen LogP contribution in [0.15, 0.2) is 0 Å². The van der Waals surface area contributed by atoms with Crippen LogP contribution in [0.25, 0.3) is 0 Å². The minimum absolute atomic E-state index is 0.163. The first-order valence-corrected chi connectivity index (χ1v) is 4.36. The standard InChI is InChI=1S/C9H15N3/c1-9(2,3)8-6-4-10-5-7(6)11-12-8/h10H,4-5H2,1-3H3,(H,11,12). The SMILES string of the molecule is CC(C)(C)c1n[nH]c2c1CNC2. The van der Waals surface area contributed by atoms with Gasteiger partial charge in [0, 0.05) is 24.1 Å². The molecule has 0 aromatic carbocycles. The molecule has 0 saturated carbocycles. The first-order valence-electron chi connectivity index (χ1n) is 4.36. The van der Waals surface area contributed by atoms with E-state index in [1.165, 1.54) is 17.0 Å². The van der Waals surface area contributed by atoms with Gasteiger partial charge in [-0.05, 0) is 0 Å². The zero-order valence-electron chi connectivity index (χ0n) is 7.86. The highest BCUT2D eigenvalue weighted by molar-refractivity contribution is 5.32. The number of rotatable bonds is 0. The Morgan fingerprint density at radius 1 is 1.25 bits per heavy atom. The van der Waals surface area contributed by atoms with E-state index in [4.69, 9.17) is 0 Å². The summed E-state index contributed by atoms with van der Waals surface area (Å²) in [7, 11) is 0. The Balaban J connectivity index is 2.46. The zero-order chi connectivity index (χ0) is 8.77. The zero-order valence-corrected chi connectivity index (χ0v) is 7.86. The molecule has 12 heavy (non-hydrogen) atoms. The van der Waals surface area contributed by atoms with Crippen molar-refractivity contribution in [3.8, 4) is 0 Å². The lowest BCUT2D eigenvalue weighted by molar-refractivity contribution is 0.555. The molecule has 0 fully saturated rings. The van der Waals surface area contributed by atoms with Crippen LogP contribution in [0.2, 0.25) is 0 Å². The predicted octanol–water partition coefficient (Wildman–Crippen LogP) is 1.31. The Labute approximate surface area is 72.6 Å². The molecule has 0 spiro atoms. The second kappa shape index (κ2) is 2.33. The molecule has 2 heterocycles. The number of fused-ring (bicyclic) bond motifs is 1. The van der Waals surface area contributed by atoms with E-state index in [-0.39, 0.29) is 5.41 Å². The number of aromatic amines is 1. The lowest BCUT2D eigenvalue weighted by Gasteiger charge is -2.16. The summed E-state index contributed by atoms with van der Waals surface area (Å²) >= 11 is 0. The maximum Gasteiger partial charge on any atom is 0.0723 e. The fraction of sp³-hybridized carbons (Fsp3) is 0.667. The Morgan fingerprint density at radius 3 is 2.67 bits per heavy atom. The van der Waals surface area contributed by atoms with E-state index < -0.39 is 0 Å². The highest BCUT2D eigenvalue weighted by Crippen LogP contribution is 2.27. The van der Waals surface area contributed by atoms with Gasteiger partial charge in [-0.2, -0.15) is 5.10 Å². The third-order valence-corrected chi connectivity index (χ3v) is 2.27. The molecule has 0 atom stereocenters. The van der Waals surface area contributed by atoms with Crippen molar-refractivity contribution in [3.63, 3.8) is 0 Å². The smallest absolute Gasteiger partial charge is 0.0723 e. The summed E-state index contributed by atoms with van der Waals surface area (Å²) in [6.07, 6.45) is 0. The minimum atomic E-state index is 0.163. The third kappa shape index (κ3) is 1.05. The Hall–Kier alpha value is -0.830. The molecule has 2 N–H and O–H groups in total. The van der Waals surface area contributed by atoms with Gasteiger partial charge in [0.15, 0.2) is 0 Å². The molecule has 0 saturated heterocycles. The lowest BCUT2D eigenvalue weighted by Crippen LogP contribution is -2.15. The van der Waals surface area contributed by atoms with Crippen molar-refractivity contribution in [2.45, 2.75) is 39.3 Å². The summed E-state index contributed by atoms with van der Waals surface area (Å²) in [6, 6.07) is 0. The van der Waals surface area contributed by atoms with Gasteiger partial charge in [-0.25, -0.2) is 0 Å². The summed E-state index contributed by atoms with van der Waals surface area (Å²) < 4.78 is 0. The molecule has 0 bridgehead atoms. The van der Waals surface area contributed by atoms with Gasteiger partial charge in [-0.3, -0.25) is 5.10 Å². The predicted molar refractivity (Wildman–Crippen MR) is 47.8 cm³/mol. The molecule has 1 aromatic rings. The largest absolute Gasteiger partial charge is 0.307 e. The van der Waals surface area contributed by atoms with Crippen molar-refractivity contribution in [1.29, 1.82) is 0 Å². The van der Waals surface area contributed by atoms with Crippen LogP contribution in [-0.2, 0) is 18.5 Å². The Kier molecular flexibility index (Phi) is 1.51. The molecular formula is C9H15N3. The molecule has 0 amide bonds.